The molecule has 0 radical (unpaired) electrons. The maximum absolute atomic E-state index is 11.4. The second kappa shape index (κ2) is 7.21. The van der Waals surface area contributed by atoms with Gasteiger partial charge in [0.2, 0.25) is 5.91 Å². The monoisotopic (exact) mass is 336 g/mol. The number of nitrogens with zero attached hydrogens (tertiary/aromatic N) is 1. The van der Waals surface area contributed by atoms with E-state index < -0.39 is 0 Å². The zero-order valence-electron chi connectivity index (χ0n) is 14.3. The van der Waals surface area contributed by atoms with Crippen LogP contribution in [-0.4, -0.2) is 23.4 Å². The minimum absolute atomic E-state index is 0.118. The molecule has 25 heavy (non-hydrogen) atoms. The number of nitrogens with one attached hydrogen (secondary N) is 1. The van der Waals surface area contributed by atoms with E-state index in [2.05, 4.69) is 9.88 Å². The van der Waals surface area contributed by atoms with Gasteiger partial charge in [0.15, 0.2) is 6.29 Å². The van der Waals surface area contributed by atoms with Crippen LogP contribution >= 0.6 is 0 Å². The number of para-hydroxylation sites is 1. The summed E-state index contributed by atoms with van der Waals surface area (Å²) in [6.45, 7) is 4.51. The van der Waals surface area contributed by atoms with Gasteiger partial charge >= 0.3 is 0 Å². The Bertz CT molecular complexity index is 928. The fourth-order valence-electron chi connectivity index (χ4n) is 3.02. The van der Waals surface area contributed by atoms with E-state index in [1.165, 1.54) is 6.92 Å². The first kappa shape index (κ1) is 16.8. The van der Waals surface area contributed by atoms with Gasteiger partial charge in [0.1, 0.15) is 12.4 Å². The summed E-state index contributed by atoms with van der Waals surface area (Å²) >= 11 is 0. The molecule has 3 aromatic rings. The van der Waals surface area contributed by atoms with Crippen molar-refractivity contribution in [2.45, 2.75) is 20.4 Å². The number of fused-ring (bicyclic) bond motifs is 1. The molecule has 128 valence electrons. The lowest BCUT2D eigenvalue weighted by Gasteiger charge is -2.11. The molecule has 0 fully saturated rings. The maximum atomic E-state index is 11.4. The first-order valence-corrected chi connectivity index (χ1v) is 8.13. The molecular weight excluding hydrogens is 316 g/mol. The third-order valence-corrected chi connectivity index (χ3v) is 4.14. The summed E-state index contributed by atoms with van der Waals surface area (Å²) in [7, 11) is 0. The Morgan fingerprint density at radius 3 is 2.76 bits per heavy atom. The van der Waals surface area contributed by atoms with Crippen molar-refractivity contribution in [2.24, 2.45) is 0 Å². The molecule has 2 aromatic carbocycles. The summed E-state index contributed by atoms with van der Waals surface area (Å²) < 4.78 is 7.91. The summed E-state index contributed by atoms with van der Waals surface area (Å²) in [4.78, 5) is 22.5. The summed E-state index contributed by atoms with van der Waals surface area (Å²) in [5.41, 5.74) is 3.39. The molecule has 0 saturated heterocycles. The van der Waals surface area contributed by atoms with Crippen LogP contribution in [0.3, 0.4) is 0 Å². The zero-order valence-corrected chi connectivity index (χ0v) is 14.3. The van der Waals surface area contributed by atoms with Crippen molar-refractivity contribution in [3.8, 4) is 5.75 Å². The number of amides is 1. The number of ether oxygens (including phenoxy) is 1. The lowest BCUT2D eigenvalue weighted by atomic mass is 10.1. The van der Waals surface area contributed by atoms with Gasteiger partial charge in [-0.3, -0.25) is 9.59 Å². The number of benzene rings is 2. The number of carbonyl (C=O) groups excluding carboxylic acids is 2. The minimum Gasteiger partial charge on any atom is -0.492 e. The first-order valence-electron chi connectivity index (χ1n) is 8.13. The van der Waals surface area contributed by atoms with Crippen molar-refractivity contribution in [3.05, 3.63) is 59.8 Å². The van der Waals surface area contributed by atoms with Crippen molar-refractivity contribution in [1.82, 2.24) is 4.57 Å². The van der Waals surface area contributed by atoms with Crippen LogP contribution < -0.4 is 10.1 Å². The van der Waals surface area contributed by atoms with Crippen LogP contribution in [0.25, 0.3) is 10.9 Å². The average molecular weight is 336 g/mol. The van der Waals surface area contributed by atoms with Crippen molar-refractivity contribution in [2.75, 3.05) is 11.9 Å². The van der Waals surface area contributed by atoms with Crippen molar-refractivity contribution < 1.29 is 14.3 Å². The Morgan fingerprint density at radius 1 is 1.20 bits per heavy atom. The van der Waals surface area contributed by atoms with Crippen molar-refractivity contribution in [3.63, 3.8) is 0 Å². The molecular formula is C20H20N2O3. The van der Waals surface area contributed by atoms with Gasteiger partial charge in [0.25, 0.3) is 0 Å². The lowest BCUT2D eigenvalue weighted by Crippen LogP contribution is -2.10. The van der Waals surface area contributed by atoms with E-state index >= 15 is 0 Å². The molecule has 0 aliphatic rings. The number of hydrogen-bond acceptors (Lipinski definition) is 3. The van der Waals surface area contributed by atoms with Gasteiger partial charge in [-0.05, 0) is 25.1 Å². The van der Waals surface area contributed by atoms with Crippen molar-refractivity contribution in [1.29, 1.82) is 0 Å². The SMILES string of the molecule is CC(=O)Nc1cccc(OCCn2c(C)c(C=O)c3ccccc32)c1. The average Bonchev–Trinajstić information content (AvgIpc) is 2.86. The number of aldehydes is 1. The lowest BCUT2D eigenvalue weighted by molar-refractivity contribution is -0.114. The van der Waals surface area contributed by atoms with E-state index in [-0.39, 0.29) is 5.91 Å². The molecule has 0 bridgehead atoms. The van der Waals surface area contributed by atoms with Gasteiger partial charge in [0, 0.05) is 40.8 Å². The largest absolute Gasteiger partial charge is 0.492 e. The predicted octanol–water partition coefficient (Wildman–Crippen LogP) is 3.80. The number of rotatable bonds is 6. The quantitative estimate of drug-likeness (QED) is 0.697. The van der Waals surface area contributed by atoms with Crippen LogP contribution in [-0.2, 0) is 11.3 Å². The number of hydrogen-bond donors (Lipinski definition) is 1. The third kappa shape index (κ3) is 3.55. The molecule has 0 aliphatic heterocycles. The maximum Gasteiger partial charge on any atom is 0.221 e. The summed E-state index contributed by atoms with van der Waals surface area (Å²) in [6, 6.07) is 15.2. The highest BCUT2D eigenvalue weighted by Gasteiger charge is 2.12. The molecule has 0 aliphatic carbocycles. The Morgan fingerprint density at radius 2 is 2.00 bits per heavy atom. The molecule has 0 atom stereocenters. The highest BCUT2D eigenvalue weighted by molar-refractivity contribution is 5.99. The fraction of sp³-hybridized carbons (Fsp3) is 0.200. The van der Waals surface area contributed by atoms with E-state index in [0.717, 1.165) is 28.4 Å². The molecule has 1 heterocycles. The van der Waals surface area contributed by atoms with E-state index in [1.807, 2.05) is 49.4 Å². The highest BCUT2D eigenvalue weighted by Crippen LogP contribution is 2.24. The normalized spacial score (nSPS) is 10.6. The van der Waals surface area contributed by atoms with Gasteiger partial charge in [-0.2, -0.15) is 0 Å². The Kier molecular flexibility index (Phi) is 4.84. The molecule has 0 unspecified atom stereocenters. The molecule has 1 aromatic heterocycles. The standard InChI is InChI=1S/C20H20N2O3/c1-14-19(13-23)18-8-3-4-9-20(18)22(14)10-11-25-17-7-5-6-16(12-17)21-15(2)24/h3-9,12-13H,10-11H2,1-2H3,(H,21,24). The van der Waals surface area contributed by atoms with Crippen LogP contribution in [0.15, 0.2) is 48.5 Å². The Balaban J connectivity index is 1.75. The fourth-order valence-corrected chi connectivity index (χ4v) is 3.02. The molecule has 5 heteroatoms. The van der Waals surface area contributed by atoms with Gasteiger partial charge < -0.3 is 14.6 Å². The van der Waals surface area contributed by atoms with Crippen LogP contribution in [0.1, 0.15) is 23.0 Å². The third-order valence-electron chi connectivity index (χ3n) is 4.14. The number of carbonyl (C=O) groups is 2. The molecule has 0 saturated carbocycles. The molecule has 1 amide bonds. The van der Waals surface area contributed by atoms with E-state index in [9.17, 15) is 9.59 Å². The zero-order chi connectivity index (χ0) is 17.8. The Hall–Kier alpha value is -3.08. The molecule has 0 spiro atoms. The topological polar surface area (TPSA) is 60.3 Å². The summed E-state index contributed by atoms with van der Waals surface area (Å²) in [5, 5.41) is 3.70. The first-order chi connectivity index (χ1) is 12.1. The van der Waals surface area contributed by atoms with Crippen molar-refractivity contribution >= 4 is 28.8 Å². The molecule has 3 rings (SSSR count). The Labute approximate surface area is 146 Å². The summed E-state index contributed by atoms with van der Waals surface area (Å²) in [5.74, 6) is 0.573. The second-order valence-electron chi connectivity index (χ2n) is 5.84. The van der Waals surface area contributed by atoms with Gasteiger partial charge in [-0.15, -0.1) is 0 Å². The summed E-state index contributed by atoms with van der Waals surface area (Å²) in [6.07, 6.45) is 0.909. The van der Waals surface area contributed by atoms with Gasteiger partial charge in [-0.25, -0.2) is 0 Å². The van der Waals surface area contributed by atoms with E-state index in [0.29, 0.717) is 24.6 Å². The van der Waals surface area contributed by atoms with Gasteiger partial charge in [-0.1, -0.05) is 24.3 Å². The molecule has 5 nitrogen and oxygen atoms in total. The number of anilines is 1. The van der Waals surface area contributed by atoms with Crippen LogP contribution in [0.2, 0.25) is 0 Å². The molecule has 1 N–H and O–H groups in total. The van der Waals surface area contributed by atoms with Gasteiger partial charge in [0.05, 0.1) is 6.54 Å². The van der Waals surface area contributed by atoms with Crippen LogP contribution in [0.4, 0.5) is 5.69 Å². The second-order valence-corrected chi connectivity index (χ2v) is 5.84. The number of aromatic nitrogens is 1. The van der Waals surface area contributed by atoms with E-state index in [1.54, 1.807) is 6.07 Å². The smallest absolute Gasteiger partial charge is 0.221 e. The van der Waals surface area contributed by atoms with Crippen LogP contribution in [0, 0.1) is 6.92 Å². The minimum atomic E-state index is -0.118. The predicted molar refractivity (Wildman–Crippen MR) is 98.3 cm³/mol. The van der Waals surface area contributed by atoms with Crippen LogP contribution in [0.5, 0.6) is 5.75 Å². The van der Waals surface area contributed by atoms with E-state index in [4.69, 9.17) is 4.74 Å². The highest BCUT2D eigenvalue weighted by atomic mass is 16.5.